The van der Waals surface area contributed by atoms with E-state index in [9.17, 15) is 18.0 Å². The fraction of sp³-hybridized carbons (Fsp3) is 0.833. The van der Waals surface area contributed by atoms with E-state index in [1.54, 1.807) is 0 Å². The van der Waals surface area contributed by atoms with Gasteiger partial charge in [0.05, 0.1) is 0 Å². The first kappa shape index (κ1) is 9.31. The zero-order chi connectivity index (χ0) is 9.35. The minimum Gasteiger partial charge on any atom is -0.383 e. The Morgan fingerprint density at radius 1 is 1.58 bits per heavy atom. The molecule has 1 aliphatic rings. The average Bonchev–Trinajstić information content (AvgIpc) is 2.16. The van der Waals surface area contributed by atoms with E-state index < -0.39 is 24.7 Å². The van der Waals surface area contributed by atoms with Crippen LogP contribution in [0.5, 0.6) is 0 Å². The first-order valence-electron chi connectivity index (χ1n) is 3.44. The van der Waals surface area contributed by atoms with Gasteiger partial charge in [-0.15, -0.1) is 0 Å². The zero-order valence-corrected chi connectivity index (χ0v) is 6.14. The van der Waals surface area contributed by atoms with Crippen LogP contribution in [0.15, 0.2) is 0 Å². The number of halogens is 3. The van der Waals surface area contributed by atoms with Gasteiger partial charge in [-0.1, -0.05) is 0 Å². The van der Waals surface area contributed by atoms with Gasteiger partial charge in [0, 0.05) is 6.54 Å². The highest BCUT2D eigenvalue weighted by Gasteiger charge is 2.38. The maximum Gasteiger partial charge on any atom is 0.406 e. The molecular formula is C6H8F3NO2. The lowest BCUT2D eigenvalue weighted by Gasteiger charge is -2.17. The maximum atomic E-state index is 11.7. The molecule has 0 aromatic heterocycles. The van der Waals surface area contributed by atoms with E-state index in [1.165, 1.54) is 0 Å². The van der Waals surface area contributed by atoms with Crippen LogP contribution in [0.4, 0.5) is 13.2 Å². The molecule has 1 fully saturated rings. The van der Waals surface area contributed by atoms with E-state index in [0.717, 1.165) is 0 Å². The number of amides is 1. The van der Waals surface area contributed by atoms with Crippen LogP contribution in [0.25, 0.3) is 0 Å². The van der Waals surface area contributed by atoms with Gasteiger partial charge in [0.1, 0.15) is 12.6 Å². The number of carbonyl (C=O) groups is 1. The Morgan fingerprint density at radius 2 is 2.17 bits per heavy atom. The van der Waals surface area contributed by atoms with Crippen LogP contribution in [0.1, 0.15) is 6.42 Å². The van der Waals surface area contributed by atoms with Gasteiger partial charge in [-0.25, -0.2) is 0 Å². The van der Waals surface area contributed by atoms with Gasteiger partial charge in [0.15, 0.2) is 0 Å². The van der Waals surface area contributed by atoms with E-state index in [2.05, 4.69) is 0 Å². The van der Waals surface area contributed by atoms with Crippen molar-refractivity contribution < 1.29 is 23.1 Å². The van der Waals surface area contributed by atoms with E-state index >= 15 is 0 Å². The SMILES string of the molecule is O=C1[C@H](O)CCN1CC(F)(F)F. The third-order valence-corrected chi connectivity index (χ3v) is 1.64. The summed E-state index contributed by atoms with van der Waals surface area (Å²) in [6.45, 7) is -1.28. The van der Waals surface area contributed by atoms with Gasteiger partial charge in [0.25, 0.3) is 5.91 Å². The van der Waals surface area contributed by atoms with Crippen molar-refractivity contribution >= 4 is 5.91 Å². The summed E-state index contributed by atoms with van der Waals surface area (Å²) in [5.74, 6) is -0.827. The lowest BCUT2D eigenvalue weighted by atomic mass is 10.3. The third-order valence-electron chi connectivity index (χ3n) is 1.64. The smallest absolute Gasteiger partial charge is 0.383 e. The minimum atomic E-state index is -4.38. The van der Waals surface area contributed by atoms with Crippen molar-refractivity contribution in [3.63, 3.8) is 0 Å². The second kappa shape index (κ2) is 2.93. The Kier molecular flexibility index (Phi) is 2.27. The van der Waals surface area contributed by atoms with Gasteiger partial charge >= 0.3 is 6.18 Å². The molecule has 6 heteroatoms. The molecule has 0 aliphatic carbocycles. The molecule has 1 heterocycles. The monoisotopic (exact) mass is 183 g/mol. The highest BCUT2D eigenvalue weighted by molar-refractivity contribution is 5.82. The molecule has 0 bridgehead atoms. The number of carbonyl (C=O) groups excluding carboxylic acids is 1. The first-order valence-corrected chi connectivity index (χ1v) is 3.44. The Labute approximate surface area is 66.8 Å². The van der Waals surface area contributed by atoms with Crippen LogP contribution in [-0.2, 0) is 4.79 Å². The quantitative estimate of drug-likeness (QED) is 0.628. The normalized spacial score (nSPS) is 25.2. The van der Waals surface area contributed by atoms with Crippen LogP contribution in [0.3, 0.4) is 0 Å². The van der Waals surface area contributed by atoms with Gasteiger partial charge in [0.2, 0.25) is 0 Å². The van der Waals surface area contributed by atoms with Crippen molar-refractivity contribution in [2.45, 2.75) is 18.7 Å². The first-order chi connectivity index (χ1) is 5.40. The number of hydrogen-bond donors (Lipinski definition) is 1. The molecule has 0 spiro atoms. The van der Waals surface area contributed by atoms with E-state index in [0.29, 0.717) is 4.90 Å². The molecule has 3 nitrogen and oxygen atoms in total. The van der Waals surface area contributed by atoms with Crippen molar-refractivity contribution in [2.75, 3.05) is 13.1 Å². The molecule has 0 saturated carbocycles. The molecular weight excluding hydrogens is 175 g/mol. The molecule has 0 aromatic carbocycles. The van der Waals surface area contributed by atoms with Crippen molar-refractivity contribution in [3.05, 3.63) is 0 Å². The Hall–Kier alpha value is -0.780. The minimum absolute atomic E-state index is 0.0144. The fourth-order valence-electron chi connectivity index (χ4n) is 1.10. The van der Waals surface area contributed by atoms with Crippen molar-refractivity contribution in [2.24, 2.45) is 0 Å². The molecule has 12 heavy (non-hydrogen) atoms. The van der Waals surface area contributed by atoms with Gasteiger partial charge in [-0.2, -0.15) is 13.2 Å². The van der Waals surface area contributed by atoms with E-state index in [4.69, 9.17) is 5.11 Å². The van der Waals surface area contributed by atoms with Crippen LogP contribution in [0, 0.1) is 0 Å². The van der Waals surface area contributed by atoms with Crippen LogP contribution < -0.4 is 0 Å². The number of alkyl halides is 3. The number of likely N-dealkylation sites (tertiary alicyclic amines) is 1. The van der Waals surface area contributed by atoms with Crippen molar-refractivity contribution in [1.29, 1.82) is 0 Å². The predicted molar refractivity (Wildman–Crippen MR) is 33.3 cm³/mol. The van der Waals surface area contributed by atoms with Crippen LogP contribution >= 0.6 is 0 Å². The lowest BCUT2D eigenvalue weighted by molar-refractivity contribution is -0.160. The average molecular weight is 183 g/mol. The maximum absolute atomic E-state index is 11.7. The molecule has 70 valence electrons. The van der Waals surface area contributed by atoms with Crippen LogP contribution in [-0.4, -0.2) is 41.3 Å². The summed E-state index contributed by atoms with van der Waals surface area (Å²) in [6, 6.07) is 0. The standard InChI is InChI=1S/C6H8F3NO2/c7-6(8,9)3-10-2-1-4(11)5(10)12/h4,11H,1-3H2/t4-/m1/s1. The Morgan fingerprint density at radius 3 is 2.50 bits per heavy atom. The molecule has 1 saturated heterocycles. The van der Waals surface area contributed by atoms with E-state index in [1.807, 2.05) is 0 Å². The summed E-state index contributed by atoms with van der Waals surface area (Å²) < 4.78 is 35.2. The summed E-state index contributed by atoms with van der Waals surface area (Å²) >= 11 is 0. The fourth-order valence-corrected chi connectivity index (χ4v) is 1.10. The second-order valence-electron chi connectivity index (χ2n) is 2.68. The molecule has 1 aliphatic heterocycles. The topological polar surface area (TPSA) is 40.5 Å². The van der Waals surface area contributed by atoms with Crippen LogP contribution in [0.2, 0.25) is 0 Å². The van der Waals surface area contributed by atoms with Gasteiger partial charge in [-0.05, 0) is 6.42 Å². The second-order valence-corrected chi connectivity index (χ2v) is 2.68. The molecule has 0 unspecified atom stereocenters. The number of aliphatic hydroxyl groups excluding tert-OH is 1. The zero-order valence-electron chi connectivity index (χ0n) is 6.14. The van der Waals surface area contributed by atoms with Crippen molar-refractivity contribution in [1.82, 2.24) is 4.90 Å². The highest BCUT2D eigenvalue weighted by atomic mass is 19.4. The number of nitrogens with zero attached hydrogens (tertiary/aromatic N) is 1. The molecule has 1 rings (SSSR count). The molecule has 1 atom stereocenters. The number of hydrogen-bond acceptors (Lipinski definition) is 2. The Balaban J connectivity index is 2.50. The summed E-state index contributed by atoms with van der Waals surface area (Å²) in [6.07, 6.45) is -5.53. The van der Waals surface area contributed by atoms with E-state index in [-0.39, 0.29) is 13.0 Å². The molecule has 0 aromatic rings. The lowest BCUT2D eigenvalue weighted by Crippen LogP contribution is -2.37. The van der Waals surface area contributed by atoms with Gasteiger partial charge < -0.3 is 10.0 Å². The molecule has 1 amide bonds. The van der Waals surface area contributed by atoms with Crippen molar-refractivity contribution in [3.8, 4) is 0 Å². The summed E-state index contributed by atoms with van der Waals surface area (Å²) in [5, 5.41) is 8.81. The number of aliphatic hydroxyl groups is 1. The Bertz CT molecular complexity index is 192. The highest BCUT2D eigenvalue weighted by Crippen LogP contribution is 2.20. The third kappa shape index (κ3) is 2.10. The largest absolute Gasteiger partial charge is 0.406 e. The summed E-state index contributed by atoms with van der Waals surface area (Å²) in [7, 11) is 0. The summed E-state index contributed by atoms with van der Waals surface area (Å²) in [4.78, 5) is 11.4. The predicted octanol–water partition coefficient (Wildman–Crippen LogP) is 0.142. The molecule has 0 radical (unpaired) electrons. The number of rotatable bonds is 1. The van der Waals surface area contributed by atoms with Gasteiger partial charge in [-0.3, -0.25) is 4.79 Å². The summed E-state index contributed by atoms with van der Waals surface area (Å²) in [5.41, 5.74) is 0. The molecule has 1 N–H and O–H groups in total.